The van der Waals surface area contributed by atoms with E-state index in [0.29, 0.717) is 43.2 Å². The molecule has 0 unspecified atom stereocenters. The molecule has 3 fully saturated rings. The molecule has 0 atom stereocenters. The number of benzene rings is 1. The largest absolute Gasteiger partial charge is 0.459 e. The Morgan fingerprint density at radius 2 is 1.58 bits per heavy atom. The Morgan fingerprint density at radius 1 is 0.848 bits per heavy atom. The molecule has 3 aliphatic rings. The highest BCUT2D eigenvalue weighted by Crippen LogP contribution is 2.32. The Bertz CT molecular complexity index is 1020. The highest BCUT2D eigenvalue weighted by atomic mass is 16.3. The summed E-state index contributed by atoms with van der Waals surface area (Å²) in [5.41, 5.74) is 2.15. The van der Waals surface area contributed by atoms with Gasteiger partial charge in [0.15, 0.2) is 5.76 Å². The lowest BCUT2D eigenvalue weighted by Crippen LogP contribution is -2.49. The molecule has 2 aliphatic heterocycles. The van der Waals surface area contributed by atoms with Crippen molar-refractivity contribution in [2.24, 2.45) is 5.92 Å². The molecule has 1 N–H and O–H groups in total. The zero-order valence-electron chi connectivity index (χ0n) is 18.8. The van der Waals surface area contributed by atoms with E-state index in [-0.39, 0.29) is 23.6 Å². The summed E-state index contributed by atoms with van der Waals surface area (Å²) in [4.78, 5) is 44.2. The normalized spacial score (nSPS) is 18.8. The monoisotopic (exact) mass is 450 g/mol. The fourth-order valence-electron chi connectivity index (χ4n) is 4.62. The van der Waals surface area contributed by atoms with E-state index in [2.05, 4.69) is 10.2 Å². The van der Waals surface area contributed by atoms with Crippen molar-refractivity contribution in [2.75, 3.05) is 49.5 Å². The molecule has 2 saturated heterocycles. The molecule has 3 amide bonds. The summed E-state index contributed by atoms with van der Waals surface area (Å²) in [6, 6.07) is 9.03. The number of nitrogens with zero attached hydrogens (tertiary/aromatic N) is 3. The van der Waals surface area contributed by atoms with E-state index >= 15 is 0 Å². The first-order valence-corrected chi connectivity index (χ1v) is 11.9. The number of hydrogen-bond acceptors (Lipinski definition) is 5. The first-order valence-electron chi connectivity index (χ1n) is 11.9. The van der Waals surface area contributed by atoms with Crippen LogP contribution in [0.4, 0.5) is 11.4 Å². The third kappa shape index (κ3) is 4.74. The lowest BCUT2D eigenvalue weighted by Gasteiger charge is -2.37. The van der Waals surface area contributed by atoms with Gasteiger partial charge in [-0.1, -0.05) is 0 Å². The third-order valence-corrected chi connectivity index (χ3v) is 6.73. The van der Waals surface area contributed by atoms with E-state index in [4.69, 9.17) is 4.42 Å². The average molecular weight is 451 g/mol. The Balaban J connectivity index is 1.34. The number of anilines is 2. The van der Waals surface area contributed by atoms with Crippen molar-refractivity contribution in [3.8, 4) is 0 Å². The van der Waals surface area contributed by atoms with Crippen LogP contribution in [0.25, 0.3) is 0 Å². The van der Waals surface area contributed by atoms with Gasteiger partial charge in [0.1, 0.15) is 0 Å². The number of nitrogens with one attached hydrogen (secondary N) is 1. The molecule has 0 bridgehead atoms. The highest BCUT2D eigenvalue weighted by molar-refractivity contribution is 6.02. The second-order valence-corrected chi connectivity index (χ2v) is 9.10. The van der Waals surface area contributed by atoms with Crippen molar-refractivity contribution in [3.05, 3.63) is 47.9 Å². The minimum Gasteiger partial charge on any atom is -0.459 e. The number of carbonyl (C=O) groups is 3. The van der Waals surface area contributed by atoms with Crippen LogP contribution < -0.4 is 10.2 Å². The molecule has 33 heavy (non-hydrogen) atoms. The van der Waals surface area contributed by atoms with Gasteiger partial charge in [-0.25, -0.2) is 0 Å². The van der Waals surface area contributed by atoms with Crippen LogP contribution in [-0.2, 0) is 4.79 Å². The molecule has 3 heterocycles. The fraction of sp³-hybridized carbons (Fsp3) is 0.480. The van der Waals surface area contributed by atoms with Gasteiger partial charge in [0, 0.05) is 56.6 Å². The highest BCUT2D eigenvalue weighted by Gasteiger charge is 2.31. The minimum absolute atomic E-state index is 0.0151. The van der Waals surface area contributed by atoms with Crippen molar-refractivity contribution < 1.29 is 18.8 Å². The lowest BCUT2D eigenvalue weighted by molar-refractivity contribution is -0.117. The van der Waals surface area contributed by atoms with E-state index in [9.17, 15) is 14.4 Å². The molecule has 5 rings (SSSR count). The number of rotatable bonds is 5. The molecular formula is C25H30N4O4. The van der Waals surface area contributed by atoms with Crippen LogP contribution in [0, 0.1) is 5.92 Å². The van der Waals surface area contributed by atoms with Gasteiger partial charge >= 0.3 is 0 Å². The molecule has 1 aromatic heterocycles. The molecular weight excluding hydrogens is 420 g/mol. The summed E-state index contributed by atoms with van der Waals surface area (Å²) in [7, 11) is 0. The van der Waals surface area contributed by atoms with Crippen LogP contribution in [0.3, 0.4) is 0 Å². The fourth-order valence-corrected chi connectivity index (χ4v) is 4.62. The van der Waals surface area contributed by atoms with Crippen molar-refractivity contribution in [1.82, 2.24) is 9.80 Å². The molecule has 1 aliphatic carbocycles. The number of hydrogen-bond donors (Lipinski definition) is 1. The van der Waals surface area contributed by atoms with Crippen LogP contribution >= 0.6 is 0 Å². The van der Waals surface area contributed by atoms with E-state index in [1.165, 1.54) is 6.26 Å². The van der Waals surface area contributed by atoms with Gasteiger partial charge < -0.3 is 24.4 Å². The average Bonchev–Trinajstić information content (AvgIpc) is 3.58. The van der Waals surface area contributed by atoms with Crippen molar-refractivity contribution in [2.45, 2.75) is 32.1 Å². The van der Waals surface area contributed by atoms with Crippen LogP contribution in [0.5, 0.6) is 0 Å². The number of furan rings is 1. The first kappa shape index (κ1) is 21.6. The summed E-state index contributed by atoms with van der Waals surface area (Å²) in [5, 5.41) is 2.98. The topological polar surface area (TPSA) is 86.1 Å². The number of amides is 3. The minimum atomic E-state index is -0.109. The van der Waals surface area contributed by atoms with E-state index in [0.717, 1.165) is 50.9 Å². The second-order valence-electron chi connectivity index (χ2n) is 9.10. The van der Waals surface area contributed by atoms with Crippen LogP contribution in [0.1, 0.15) is 53.0 Å². The summed E-state index contributed by atoms with van der Waals surface area (Å²) in [5.74, 6) is 0.388. The predicted molar refractivity (Wildman–Crippen MR) is 124 cm³/mol. The van der Waals surface area contributed by atoms with Crippen LogP contribution in [0.2, 0.25) is 0 Å². The Kier molecular flexibility index (Phi) is 6.07. The molecule has 8 nitrogen and oxygen atoms in total. The van der Waals surface area contributed by atoms with Crippen LogP contribution in [-0.4, -0.2) is 66.8 Å². The van der Waals surface area contributed by atoms with E-state index < -0.39 is 0 Å². The molecule has 0 radical (unpaired) electrons. The quantitative estimate of drug-likeness (QED) is 0.756. The second kappa shape index (κ2) is 9.29. The summed E-state index contributed by atoms with van der Waals surface area (Å²) in [6.45, 7) is 3.89. The van der Waals surface area contributed by atoms with Gasteiger partial charge in [0.25, 0.3) is 11.8 Å². The summed E-state index contributed by atoms with van der Waals surface area (Å²) < 4.78 is 5.25. The first-order chi connectivity index (χ1) is 16.1. The summed E-state index contributed by atoms with van der Waals surface area (Å²) in [6.07, 6.45) is 6.57. The maximum atomic E-state index is 13.5. The molecule has 8 heteroatoms. The molecule has 2 aromatic rings. The van der Waals surface area contributed by atoms with Gasteiger partial charge in [0.05, 0.1) is 11.8 Å². The molecule has 0 spiro atoms. The van der Waals surface area contributed by atoms with Gasteiger partial charge in [-0.3, -0.25) is 14.4 Å². The molecule has 1 saturated carbocycles. The summed E-state index contributed by atoms with van der Waals surface area (Å²) >= 11 is 0. The molecule has 174 valence electrons. The van der Waals surface area contributed by atoms with Crippen molar-refractivity contribution in [1.29, 1.82) is 0 Å². The van der Waals surface area contributed by atoms with Gasteiger partial charge in [-0.15, -0.1) is 0 Å². The number of piperidine rings is 1. The van der Waals surface area contributed by atoms with E-state index in [1.807, 2.05) is 23.1 Å². The predicted octanol–water partition coefficient (Wildman–Crippen LogP) is 3.22. The zero-order valence-corrected chi connectivity index (χ0v) is 18.8. The maximum Gasteiger partial charge on any atom is 0.289 e. The Morgan fingerprint density at radius 3 is 2.24 bits per heavy atom. The van der Waals surface area contributed by atoms with E-state index in [1.54, 1.807) is 17.0 Å². The smallest absolute Gasteiger partial charge is 0.289 e. The SMILES string of the molecule is O=C(Nc1ccc(N2CCN(C(=O)c3ccco3)CC2)c(C(=O)N2CCCCC2)c1)C1CC1. The van der Waals surface area contributed by atoms with Gasteiger partial charge in [0.2, 0.25) is 5.91 Å². The van der Waals surface area contributed by atoms with Crippen molar-refractivity contribution >= 4 is 29.1 Å². The maximum absolute atomic E-state index is 13.5. The zero-order chi connectivity index (χ0) is 22.8. The third-order valence-electron chi connectivity index (χ3n) is 6.73. The Labute approximate surface area is 193 Å². The molecule has 1 aromatic carbocycles. The standard InChI is InChI=1S/C25H30N4O4/c30-23(18-6-7-18)26-19-8-9-21(20(17-19)24(31)28-10-2-1-3-11-28)27-12-14-29(15-13-27)25(32)22-5-4-16-33-22/h4-5,8-9,16-18H,1-3,6-7,10-15H2,(H,26,30). The number of likely N-dealkylation sites (tertiary alicyclic amines) is 1. The van der Waals surface area contributed by atoms with Crippen LogP contribution in [0.15, 0.2) is 41.0 Å². The Hall–Kier alpha value is -3.29. The van der Waals surface area contributed by atoms with Crippen molar-refractivity contribution in [3.63, 3.8) is 0 Å². The number of piperazine rings is 1. The number of carbonyl (C=O) groups excluding carboxylic acids is 3. The van der Waals surface area contributed by atoms with Gasteiger partial charge in [-0.05, 0) is 62.4 Å². The van der Waals surface area contributed by atoms with Gasteiger partial charge in [-0.2, -0.15) is 0 Å². The lowest BCUT2D eigenvalue weighted by atomic mass is 10.1.